The number of benzene rings is 2. The van der Waals surface area contributed by atoms with Gasteiger partial charge in [-0.2, -0.15) is 13.2 Å². The van der Waals surface area contributed by atoms with Gasteiger partial charge >= 0.3 is 6.18 Å². The smallest absolute Gasteiger partial charge is 0.295 e. The van der Waals surface area contributed by atoms with E-state index in [0.29, 0.717) is 10.9 Å². The first kappa shape index (κ1) is 14.3. The lowest BCUT2D eigenvalue weighted by Gasteiger charge is -2.11. The topological polar surface area (TPSA) is 34.9 Å². The summed E-state index contributed by atoms with van der Waals surface area (Å²) < 4.78 is 39.7. The molecule has 1 heterocycles. The monoisotopic (exact) mass is 304 g/mol. The zero-order chi connectivity index (χ0) is 15.9. The minimum absolute atomic E-state index is 0.204. The van der Waals surface area contributed by atoms with E-state index in [9.17, 15) is 18.0 Å². The van der Waals surface area contributed by atoms with E-state index in [-0.39, 0.29) is 16.9 Å². The van der Waals surface area contributed by atoms with Gasteiger partial charge in [0.05, 0.1) is 16.5 Å². The molecular weight excluding hydrogens is 293 g/mol. The molecule has 2 aromatic carbocycles. The fourth-order valence-corrected chi connectivity index (χ4v) is 2.31. The van der Waals surface area contributed by atoms with E-state index in [2.05, 4.69) is 4.98 Å². The highest BCUT2D eigenvalue weighted by Gasteiger charge is 2.30. The summed E-state index contributed by atoms with van der Waals surface area (Å²) in [6, 6.07) is 11.5. The Morgan fingerprint density at radius 3 is 2.50 bits per heavy atom. The number of hydrogen-bond donors (Lipinski definition) is 0. The summed E-state index contributed by atoms with van der Waals surface area (Å²) in [5.41, 5.74) is -0.358. The van der Waals surface area contributed by atoms with Crippen LogP contribution in [0.3, 0.4) is 0 Å². The minimum Gasteiger partial charge on any atom is -0.295 e. The van der Waals surface area contributed by atoms with Crippen molar-refractivity contribution >= 4 is 10.9 Å². The maximum absolute atomic E-state index is 12.8. The third kappa shape index (κ3) is 2.36. The zero-order valence-corrected chi connectivity index (χ0v) is 11.6. The van der Waals surface area contributed by atoms with Crippen molar-refractivity contribution in [3.8, 4) is 11.4 Å². The maximum Gasteiger partial charge on any atom is 0.416 e. The lowest BCUT2D eigenvalue weighted by atomic mass is 10.1. The quantitative estimate of drug-likeness (QED) is 0.688. The third-order valence-electron chi connectivity index (χ3n) is 3.43. The van der Waals surface area contributed by atoms with Crippen molar-refractivity contribution in [1.82, 2.24) is 9.55 Å². The Labute approximate surface area is 123 Å². The summed E-state index contributed by atoms with van der Waals surface area (Å²) in [6.07, 6.45) is -4.44. The highest BCUT2D eigenvalue weighted by atomic mass is 19.4. The van der Waals surface area contributed by atoms with Gasteiger partial charge in [0.2, 0.25) is 0 Å². The van der Waals surface area contributed by atoms with Crippen LogP contribution in [0, 0.1) is 0 Å². The van der Waals surface area contributed by atoms with Gasteiger partial charge in [-0.25, -0.2) is 4.98 Å². The predicted octanol–water partition coefficient (Wildman–Crippen LogP) is 3.62. The second-order valence-corrected chi connectivity index (χ2v) is 4.90. The average Bonchev–Trinajstić information content (AvgIpc) is 2.50. The molecule has 0 aliphatic rings. The van der Waals surface area contributed by atoms with Crippen LogP contribution in [0.4, 0.5) is 13.2 Å². The van der Waals surface area contributed by atoms with Gasteiger partial charge < -0.3 is 0 Å². The fraction of sp³-hybridized carbons (Fsp3) is 0.125. The lowest BCUT2D eigenvalue weighted by molar-refractivity contribution is -0.137. The molecule has 0 amide bonds. The van der Waals surface area contributed by atoms with E-state index in [1.54, 1.807) is 24.3 Å². The van der Waals surface area contributed by atoms with Gasteiger partial charge in [0, 0.05) is 12.6 Å². The standard InChI is InChI=1S/C16H11F3N2O/c1-21-14(10-5-4-6-11(9-10)16(17,18)19)20-13-8-3-2-7-12(13)15(21)22/h2-9H,1H3. The van der Waals surface area contributed by atoms with Gasteiger partial charge in [-0.1, -0.05) is 24.3 Å². The molecule has 0 bridgehead atoms. The van der Waals surface area contributed by atoms with Crippen LogP contribution in [0.1, 0.15) is 5.56 Å². The summed E-state index contributed by atoms with van der Waals surface area (Å²) in [5, 5.41) is 0.431. The number of halogens is 3. The van der Waals surface area contributed by atoms with E-state index in [1.165, 1.54) is 23.7 Å². The summed E-state index contributed by atoms with van der Waals surface area (Å²) >= 11 is 0. The average molecular weight is 304 g/mol. The SMILES string of the molecule is Cn1c(-c2cccc(C(F)(F)F)c2)nc2ccccc2c1=O. The molecule has 3 aromatic rings. The zero-order valence-electron chi connectivity index (χ0n) is 11.6. The van der Waals surface area contributed by atoms with Gasteiger partial charge in [0.1, 0.15) is 5.82 Å². The molecule has 0 aliphatic heterocycles. The molecular formula is C16H11F3N2O. The van der Waals surface area contributed by atoms with E-state index in [1.807, 2.05) is 0 Å². The molecule has 22 heavy (non-hydrogen) atoms. The first-order valence-electron chi connectivity index (χ1n) is 6.51. The number of fused-ring (bicyclic) bond motifs is 1. The molecule has 3 nitrogen and oxygen atoms in total. The number of alkyl halides is 3. The Kier molecular flexibility index (Phi) is 3.24. The van der Waals surface area contributed by atoms with E-state index >= 15 is 0 Å². The van der Waals surface area contributed by atoms with E-state index in [0.717, 1.165) is 12.1 Å². The molecule has 0 saturated carbocycles. The van der Waals surface area contributed by atoms with Crippen LogP contribution in [0.15, 0.2) is 53.3 Å². The van der Waals surface area contributed by atoms with Crippen molar-refractivity contribution in [3.63, 3.8) is 0 Å². The highest BCUT2D eigenvalue weighted by Crippen LogP contribution is 2.31. The molecule has 112 valence electrons. The van der Waals surface area contributed by atoms with Crippen molar-refractivity contribution in [2.75, 3.05) is 0 Å². The minimum atomic E-state index is -4.44. The first-order valence-corrected chi connectivity index (χ1v) is 6.51. The third-order valence-corrected chi connectivity index (χ3v) is 3.43. The van der Waals surface area contributed by atoms with Crippen LogP contribution in [0.2, 0.25) is 0 Å². The summed E-state index contributed by atoms with van der Waals surface area (Å²) in [7, 11) is 1.50. The molecule has 0 unspecified atom stereocenters. The van der Waals surface area contributed by atoms with Gasteiger partial charge in [-0.15, -0.1) is 0 Å². The Hall–Kier alpha value is -2.63. The highest BCUT2D eigenvalue weighted by molar-refractivity contribution is 5.79. The summed E-state index contributed by atoms with van der Waals surface area (Å²) in [6.45, 7) is 0. The first-order chi connectivity index (χ1) is 10.4. The number of hydrogen-bond acceptors (Lipinski definition) is 2. The molecule has 0 fully saturated rings. The Balaban J connectivity index is 2.27. The fourth-order valence-electron chi connectivity index (χ4n) is 2.31. The Morgan fingerprint density at radius 1 is 1.05 bits per heavy atom. The van der Waals surface area contributed by atoms with E-state index in [4.69, 9.17) is 0 Å². The Bertz CT molecular complexity index is 913. The second kappa shape index (κ2) is 4.98. The summed E-state index contributed by atoms with van der Waals surface area (Å²) in [5.74, 6) is 0.204. The van der Waals surface area contributed by atoms with Crippen LogP contribution in [0.5, 0.6) is 0 Å². The van der Waals surface area contributed by atoms with Crippen LogP contribution in [0.25, 0.3) is 22.3 Å². The molecule has 1 aromatic heterocycles. The Morgan fingerprint density at radius 2 is 1.77 bits per heavy atom. The van der Waals surface area contributed by atoms with E-state index < -0.39 is 11.7 Å². The van der Waals surface area contributed by atoms with Crippen molar-refractivity contribution in [3.05, 3.63) is 64.4 Å². The molecule has 0 radical (unpaired) electrons. The van der Waals surface area contributed by atoms with Crippen molar-refractivity contribution in [2.24, 2.45) is 7.05 Å². The number of nitrogens with zero attached hydrogens (tertiary/aromatic N) is 2. The molecule has 0 N–H and O–H groups in total. The van der Waals surface area contributed by atoms with Crippen molar-refractivity contribution in [2.45, 2.75) is 6.18 Å². The number of para-hydroxylation sites is 1. The predicted molar refractivity (Wildman–Crippen MR) is 77.4 cm³/mol. The van der Waals surface area contributed by atoms with Gasteiger partial charge in [0.25, 0.3) is 5.56 Å². The normalized spacial score (nSPS) is 11.8. The lowest BCUT2D eigenvalue weighted by Crippen LogP contribution is -2.20. The van der Waals surface area contributed by atoms with Crippen molar-refractivity contribution in [1.29, 1.82) is 0 Å². The molecule has 0 aliphatic carbocycles. The molecule has 3 rings (SSSR count). The number of aromatic nitrogens is 2. The van der Waals surface area contributed by atoms with Crippen LogP contribution in [-0.2, 0) is 13.2 Å². The molecule has 0 atom stereocenters. The van der Waals surface area contributed by atoms with Crippen LogP contribution >= 0.6 is 0 Å². The van der Waals surface area contributed by atoms with Gasteiger partial charge in [-0.3, -0.25) is 9.36 Å². The van der Waals surface area contributed by atoms with Crippen LogP contribution < -0.4 is 5.56 Å². The maximum atomic E-state index is 12.8. The second-order valence-electron chi connectivity index (χ2n) is 4.90. The molecule has 0 saturated heterocycles. The molecule has 0 spiro atoms. The summed E-state index contributed by atoms with van der Waals surface area (Å²) in [4.78, 5) is 16.6. The van der Waals surface area contributed by atoms with Gasteiger partial charge in [0.15, 0.2) is 0 Å². The number of rotatable bonds is 1. The van der Waals surface area contributed by atoms with Crippen LogP contribution in [-0.4, -0.2) is 9.55 Å². The molecule has 6 heteroatoms. The largest absolute Gasteiger partial charge is 0.416 e. The van der Waals surface area contributed by atoms with Crippen molar-refractivity contribution < 1.29 is 13.2 Å². The van der Waals surface area contributed by atoms with Gasteiger partial charge in [-0.05, 0) is 24.3 Å².